The standard InChI is InChI=1S/C13H19N5O/c1-13(12(14)19)3-5-18(7-13)11-9-6-15-4-2-10(9)16-8-17-11/h8,15H,2-7H2,1H3,(H2,14,19). The third kappa shape index (κ3) is 2.06. The van der Waals surface area contributed by atoms with Gasteiger partial charge in [0.2, 0.25) is 5.91 Å². The molecule has 2 aliphatic heterocycles. The van der Waals surface area contributed by atoms with Crippen LogP contribution in [0, 0.1) is 5.41 Å². The summed E-state index contributed by atoms with van der Waals surface area (Å²) in [6, 6.07) is 0. The van der Waals surface area contributed by atoms with Gasteiger partial charge >= 0.3 is 0 Å². The number of nitrogens with two attached hydrogens (primary N) is 1. The molecule has 102 valence electrons. The van der Waals surface area contributed by atoms with Crippen molar-refractivity contribution in [1.82, 2.24) is 15.3 Å². The van der Waals surface area contributed by atoms with E-state index in [2.05, 4.69) is 20.2 Å². The lowest BCUT2D eigenvalue weighted by Crippen LogP contribution is -2.38. The molecular formula is C13H19N5O. The van der Waals surface area contributed by atoms with Gasteiger partial charge in [-0.05, 0) is 13.3 Å². The number of carbonyl (C=O) groups is 1. The molecule has 0 saturated carbocycles. The average Bonchev–Trinajstić information content (AvgIpc) is 2.82. The minimum Gasteiger partial charge on any atom is -0.369 e. The Morgan fingerprint density at radius 1 is 1.53 bits per heavy atom. The number of fused-ring (bicyclic) bond motifs is 1. The molecule has 2 aliphatic rings. The molecule has 3 heterocycles. The highest BCUT2D eigenvalue weighted by molar-refractivity contribution is 5.82. The molecule has 0 radical (unpaired) electrons. The number of amides is 1. The molecule has 1 atom stereocenters. The minimum atomic E-state index is -0.445. The molecular weight excluding hydrogens is 242 g/mol. The highest BCUT2D eigenvalue weighted by Crippen LogP contribution is 2.34. The number of hydrogen-bond acceptors (Lipinski definition) is 5. The number of rotatable bonds is 2. The van der Waals surface area contributed by atoms with Crippen LogP contribution < -0.4 is 16.0 Å². The quantitative estimate of drug-likeness (QED) is 0.772. The molecule has 1 saturated heterocycles. The second kappa shape index (κ2) is 4.45. The number of nitrogens with zero attached hydrogens (tertiary/aromatic N) is 3. The van der Waals surface area contributed by atoms with E-state index in [1.165, 1.54) is 5.56 Å². The molecule has 1 unspecified atom stereocenters. The summed E-state index contributed by atoms with van der Waals surface area (Å²) in [5.41, 5.74) is 7.35. The first kappa shape index (κ1) is 12.3. The van der Waals surface area contributed by atoms with E-state index in [-0.39, 0.29) is 5.91 Å². The van der Waals surface area contributed by atoms with Gasteiger partial charge in [-0.15, -0.1) is 0 Å². The Bertz CT molecular complexity index is 518. The number of carbonyl (C=O) groups excluding carboxylic acids is 1. The Kier molecular flexibility index (Phi) is 2.89. The summed E-state index contributed by atoms with van der Waals surface area (Å²) in [6.07, 6.45) is 3.35. The first-order valence-electron chi connectivity index (χ1n) is 6.68. The maximum atomic E-state index is 11.5. The Hall–Kier alpha value is -1.69. The summed E-state index contributed by atoms with van der Waals surface area (Å²) < 4.78 is 0. The van der Waals surface area contributed by atoms with Gasteiger partial charge in [-0.25, -0.2) is 9.97 Å². The Morgan fingerprint density at radius 3 is 3.11 bits per heavy atom. The van der Waals surface area contributed by atoms with Gasteiger partial charge in [0.05, 0.1) is 11.1 Å². The predicted octanol–water partition coefficient (Wildman–Crippen LogP) is -0.176. The maximum absolute atomic E-state index is 11.5. The molecule has 0 bridgehead atoms. The number of hydrogen-bond donors (Lipinski definition) is 2. The van der Waals surface area contributed by atoms with Gasteiger partial charge in [0.25, 0.3) is 0 Å². The van der Waals surface area contributed by atoms with Gasteiger partial charge in [-0.2, -0.15) is 0 Å². The van der Waals surface area contributed by atoms with Crippen LogP contribution in [-0.4, -0.2) is 35.5 Å². The van der Waals surface area contributed by atoms with E-state index in [4.69, 9.17) is 5.73 Å². The van der Waals surface area contributed by atoms with Crippen LogP contribution in [0.15, 0.2) is 6.33 Å². The van der Waals surface area contributed by atoms with Crippen LogP contribution in [0.4, 0.5) is 5.82 Å². The molecule has 6 heteroatoms. The predicted molar refractivity (Wildman–Crippen MR) is 71.6 cm³/mol. The van der Waals surface area contributed by atoms with Crippen molar-refractivity contribution in [3.63, 3.8) is 0 Å². The summed E-state index contributed by atoms with van der Waals surface area (Å²) in [6.45, 7) is 5.16. The van der Waals surface area contributed by atoms with Crippen molar-refractivity contribution in [1.29, 1.82) is 0 Å². The molecule has 3 N–H and O–H groups in total. The topological polar surface area (TPSA) is 84.1 Å². The smallest absolute Gasteiger partial charge is 0.225 e. The van der Waals surface area contributed by atoms with Gasteiger partial charge in [0, 0.05) is 38.2 Å². The van der Waals surface area contributed by atoms with E-state index < -0.39 is 5.41 Å². The highest BCUT2D eigenvalue weighted by atomic mass is 16.1. The average molecular weight is 261 g/mol. The van der Waals surface area contributed by atoms with E-state index >= 15 is 0 Å². The molecule has 1 fully saturated rings. The van der Waals surface area contributed by atoms with Gasteiger partial charge < -0.3 is 16.0 Å². The van der Waals surface area contributed by atoms with Crippen molar-refractivity contribution < 1.29 is 4.79 Å². The van der Waals surface area contributed by atoms with E-state index in [1.807, 2.05) is 6.92 Å². The first-order valence-corrected chi connectivity index (χ1v) is 6.68. The van der Waals surface area contributed by atoms with Crippen molar-refractivity contribution in [2.45, 2.75) is 26.3 Å². The van der Waals surface area contributed by atoms with E-state index in [0.29, 0.717) is 6.54 Å². The van der Waals surface area contributed by atoms with Crippen molar-refractivity contribution in [3.05, 3.63) is 17.6 Å². The fourth-order valence-corrected chi connectivity index (χ4v) is 2.87. The van der Waals surface area contributed by atoms with Crippen LogP contribution >= 0.6 is 0 Å². The van der Waals surface area contributed by atoms with E-state index in [0.717, 1.165) is 44.0 Å². The van der Waals surface area contributed by atoms with E-state index in [9.17, 15) is 4.79 Å². The van der Waals surface area contributed by atoms with Crippen LogP contribution in [0.3, 0.4) is 0 Å². The van der Waals surface area contributed by atoms with Crippen molar-refractivity contribution in [2.75, 3.05) is 24.5 Å². The monoisotopic (exact) mass is 261 g/mol. The second-order valence-corrected chi connectivity index (χ2v) is 5.65. The fraction of sp³-hybridized carbons (Fsp3) is 0.615. The Balaban J connectivity index is 1.90. The summed E-state index contributed by atoms with van der Waals surface area (Å²) in [5.74, 6) is 0.734. The van der Waals surface area contributed by atoms with Crippen molar-refractivity contribution in [3.8, 4) is 0 Å². The molecule has 6 nitrogen and oxygen atoms in total. The SMILES string of the molecule is CC1(C(N)=O)CCN(c2ncnc3c2CNCC3)C1. The molecule has 0 aromatic carbocycles. The number of primary amides is 1. The maximum Gasteiger partial charge on any atom is 0.225 e. The third-order valence-corrected chi connectivity index (χ3v) is 4.22. The summed E-state index contributed by atoms with van der Waals surface area (Å²) in [4.78, 5) is 22.5. The molecule has 0 aliphatic carbocycles. The van der Waals surface area contributed by atoms with Gasteiger partial charge in [-0.1, -0.05) is 0 Å². The zero-order valence-electron chi connectivity index (χ0n) is 11.1. The minimum absolute atomic E-state index is 0.226. The van der Waals surface area contributed by atoms with Gasteiger partial charge in [0.15, 0.2) is 0 Å². The zero-order valence-corrected chi connectivity index (χ0v) is 11.1. The number of nitrogens with one attached hydrogen (secondary N) is 1. The van der Waals surface area contributed by atoms with Crippen LogP contribution in [0.25, 0.3) is 0 Å². The molecule has 3 rings (SSSR count). The lowest BCUT2D eigenvalue weighted by Gasteiger charge is -2.26. The van der Waals surface area contributed by atoms with E-state index in [1.54, 1.807) is 6.33 Å². The lowest BCUT2D eigenvalue weighted by atomic mass is 9.89. The first-order chi connectivity index (χ1) is 9.10. The van der Waals surface area contributed by atoms with Gasteiger partial charge in [0.1, 0.15) is 12.1 Å². The normalized spacial score (nSPS) is 26.3. The highest BCUT2D eigenvalue weighted by Gasteiger charge is 2.40. The molecule has 0 spiro atoms. The second-order valence-electron chi connectivity index (χ2n) is 5.65. The summed E-state index contributed by atoms with van der Waals surface area (Å²) in [7, 11) is 0. The number of anilines is 1. The summed E-state index contributed by atoms with van der Waals surface area (Å²) >= 11 is 0. The third-order valence-electron chi connectivity index (χ3n) is 4.22. The van der Waals surface area contributed by atoms with Crippen LogP contribution in [0.1, 0.15) is 24.6 Å². The van der Waals surface area contributed by atoms with Crippen LogP contribution in [0.5, 0.6) is 0 Å². The molecule has 19 heavy (non-hydrogen) atoms. The molecule has 1 aromatic heterocycles. The number of aromatic nitrogens is 2. The fourth-order valence-electron chi connectivity index (χ4n) is 2.87. The largest absolute Gasteiger partial charge is 0.369 e. The molecule has 1 amide bonds. The van der Waals surface area contributed by atoms with Crippen LogP contribution in [0.2, 0.25) is 0 Å². The Labute approximate surface area is 112 Å². The van der Waals surface area contributed by atoms with Crippen molar-refractivity contribution in [2.24, 2.45) is 11.1 Å². The zero-order chi connectivity index (χ0) is 13.5. The van der Waals surface area contributed by atoms with Gasteiger partial charge in [-0.3, -0.25) is 4.79 Å². The Morgan fingerprint density at radius 2 is 2.37 bits per heavy atom. The van der Waals surface area contributed by atoms with Crippen molar-refractivity contribution >= 4 is 11.7 Å². The molecule has 1 aromatic rings. The van der Waals surface area contributed by atoms with Crippen LogP contribution in [-0.2, 0) is 17.8 Å². The summed E-state index contributed by atoms with van der Waals surface area (Å²) in [5, 5.41) is 3.35. The lowest BCUT2D eigenvalue weighted by molar-refractivity contribution is -0.125.